The van der Waals surface area contributed by atoms with Crippen molar-refractivity contribution in [3.8, 4) is 22.3 Å². The minimum Gasteiger partial charge on any atom is -0.370 e. The molecular formula is C24H27N3. The maximum absolute atomic E-state index is 7.28. The number of benzene rings is 3. The molecule has 0 fully saturated rings. The highest BCUT2D eigenvalue weighted by molar-refractivity contribution is 5.74. The zero-order chi connectivity index (χ0) is 19.4. The highest BCUT2D eigenvalue weighted by atomic mass is 15.0. The van der Waals surface area contributed by atoms with E-state index in [0.717, 1.165) is 11.1 Å². The molecule has 0 heterocycles. The molecule has 138 valence electrons. The van der Waals surface area contributed by atoms with Crippen molar-refractivity contribution in [3.05, 3.63) is 83.9 Å². The van der Waals surface area contributed by atoms with E-state index >= 15 is 0 Å². The van der Waals surface area contributed by atoms with Gasteiger partial charge < -0.3 is 11.1 Å². The number of nitrogens with one attached hydrogen (secondary N) is 2. The second-order valence-corrected chi connectivity index (χ2v) is 7.87. The molecule has 0 aliphatic carbocycles. The lowest BCUT2D eigenvalue weighted by atomic mass is 9.86. The Morgan fingerprint density at radius 2 is 1.33 bits per heavy atom. The minimum atomic E-state index is -0.0118. The fourth-order valence-electron chi connectivity index (χ4n) is 3.08. The molecule has 3 heteroatoms. The minimum absolute atomic E-state index is 0.0118. The first-order chi connectivity index (χ1) is 12.8. The third-order valence-corrected chi connectivity index (χ3v) is 4.71. The Morgan fingerprint density at radius 3 is 1.85 bits per heavy atom. The molecule has 0 bridgehead atoms. The smallest absolute Gasteiger partial charge is 0.185 e. The summed E-state index contributed by atoms with van der Waals surface area (Å²) < 4.78 is 0. The summed E-state index contributed by atoms with van der Waals surface area (Å²) in [5.41, 5.74) is 12.8. The van der Waals surface area contributed by atoms with Gasteiger partial charge in [-0.2, -0.15) is 0 Å². The van der Waals surface area contributed by atoms with E-state index < -0.39 is 0 Å². The Balaban J connectivity index is 1.79. The van der Waals surface area contributed by atoms with Crippen LogP contribution in [0.1, 0.15) is 31.9 Å². The first kappa shape index (κ1) is 18.7. The maximum atomic E-state index is 7.28. The number of nitrogens with two attached hydrogens (primary N) is 1. The van der Waals surface area contributed by atoms with E-state index in [1.807, 2.05) is 12.1 Å². The molecule has 0 radical (unpaired) electrons. The molecule has 0 unspecified atom stereocenters. The molecule has 0 spiro atoms. The predicted octanol–water partition coefficient (Wildman–Crippen LogP) is 5.30. The normalized spacial score (nSPS) is 11.2. The fraction of sp³-hybridized carbons (Fsp3) is 0.208. The Kier molecular flexibility index (Phi) is 5.31. The van der Waals surface area contributed by atoms with E-state index in [0.29, 0.717) is 6.54 Å². The van der Waals surface area contributed by atoms with E-state index in [-0.39, 0.29) is 11.4 Å². The van der Waals surface area contributed by atoms with Crippen molar-refractivity contribution in [1.29, 1.82) is 5.41 Å². The molecule has 0 saturated carbocycles. The van der Waals surface area contributed by atoms with Crippen LogP contribution in [-0.4, -0.2) is 5.96 Å². The van der Waals surface area contributed by atoms with Crippen LogP contribution in [0.2, 0.25) is 0 Å². The van der Waals surface area contributed by atoms with Crippen molar-refractivity contribution >= 4 is 5.96 Å². The van der Waals surface area contributed by atoms with Crippen LogP contribution in [0.4, 0.5) is 0 Å². The van der Waals surface area contributed by atoms with Gasteiger partial charge in [-0.25, -0.2) is 0 Å². The number of hydrogen-bond acceptors (Lipinski definition) is 1. The van der Waals surface area contributed by atoms with Crippen LogP contribution >= 0.6 is 0 Å². The average Bonchev–Trinajstić information content (AvgIpc) is 2.66. The Labute approximate surface area is 161 Å². The van der Waals surface area contributed by atoms with Gasteiger partial charge in [0.05, 0.1) is 0 Å². The van der Waals surface area contributed by atoms with Crippen LogP contribution in [0.3, 0.4) is 0 Å². The molecule has 3 rings (SSSR count). The Bertz CT molecular complexity index is 917. The second kappa shape index (κ2) is 7.67. The SMILES string of the molecule is CC(C)(C)c1ccc(-c2ccc(-c3cccc(CNC(=N)N)c3)cc2)cc1. The van der Waals surface area contributed by atoms with E-state index in [4.69, 9.17) is 11.1 Å². The largest absolute Gasteiger partial charge is 0.370 e. The molecule has 4 N–H and O–H groups in total. The van der Waals surface area contributed by atoms with Crippen molar-refractivity contribution in [2.75, 3.05) is 0 Å². The molecule has 0 aliphatic rings. The lowest BCUT2D eigenvalue weighted by Crippen LogP contribution is -2.29. The van der Waals surface area contributed by atoms with Crippen LogP contribution in [0.15, 0.2) is 72.8 Å². The number of rotatable bonds is 4. The maximum Gasteiger partial charge on any atom is 0.185 e. The molecule has 0 aliphatic heterocycles. The zero-order valence-corrected chi connectivity index (χ0v) is 16.2. The van der Waals surface area contributed by atoms with Crippen LogP contribution in [0, 0.1) is 5.41 Å². The summed E-state index contributed by atoms with van der Waals surface area (Å²) in [5, 5.41) is 10.1. The predicted molar refractivity (Wildman–Crippen MR) is 115 cm³/mol. The summed E-state index contributed by atoms with van der Waals surface area (Å²) in [6.07, 6.45) is 0. The van der Waals surface area contributed by atoms with E-state index in [9.17, 15) is 0 Å². The molecule has 3 aromatic carbocycles. The van der Waals surface area contributed by atoms with E-state index in [2.05, 4.69) is 86.8 Å². The first-order valence-corrected chi connectivity index (χ1v) is 9.21. The Morgan fingerprint density at radius 1 is 0.815 bits per heavy atom. The van der Waals surface area contributed by atoms with Gasteiger partial charge in [0.1, 0.15) is 0 Å². The van der Waals surface area contributed by atoms with E-state index in [1.165, 1.54) is 22.3 Å². The summed E-state index contributed by atoms with van der Waals surface area (Å²) in [6.45, 7) is 7.26. The molecule has 0 amide bonds. The lowest BCUT2D eigenvalue weighted by molar-refractivity contribution is 0.590. The summed E-state index contributed by atoms with van der Waals surface area (Å²) in [7, 11) is 0. The van der Waals surface area contributed by atoms with Crippen molar-refractivity contribution in [1.82, 2.24) is 5.32 Å². The zero-order valence-electron chi connectivity index (χ0n) is 16.2. The average molecular weight is 358 g/mol. The Hall–Kier alpha value is -3.07. The third-order valence-electron chi connectivity index (χ3n) is 4.71. The molecular weight excluding hydrogens is 330 g/mol. The highest BCUT2D eigenvalue weighted by Gasteiger charge is 2.13. The van der Waals surface area contributed by atoms with Gasteiger partial charge in [-0.05, 0) is 44.9 Å². The van der Waals surface area contributed by atoms with Gasteiger partial charge in [0.25, 0.3) is 0 Å². The summed E-state index contributed by atoms with van der Waals surface area (Å²) in [4.78, 5) is 0. The van der Waals surface area contributed by atoms with Gasteiger partial charge in [-0.15, -0.1) is 0 Å². The van der Waals surface area contributed by atoms with Gasteiger partial charge in [0.2, 0.25) is 0 Å². The van der Waals surface area contributed by atoms with Crippen LogP contribution in [-0.2, 0) is 12.0 Å². The number of hydrogen-bond donors (Lipinski definition) is 3. The fourth-order valence-corrected chi connectivity index (χ4v) is 3.08. The van der Waals surface area contributed by atoms with Crippen molar-refractivity contribution in [2.24, 2.45) is 5.73 Å². The van der Waals surface area contributed by atoms with Crippen LogP contribution in [0.25, 0.3) is 22.3 Å². The van der Waals surface area contributed by atoms with Gasteiger partial charge >= 0.3 is 0 Å². The van der Waals surface area contributed by atoms with Crippen molar-refractivity contribution in [2.45, 2.75) is 32.7 Å². The van der Waals surface area contributed by atoms with Crippen molar-refractivity contribution in [3.63, 3.8) is 0 Å². The topological polar surface area (TPSA) is 61.9 Å². The quantitative estimate of drug-likeness (QED) is 0.438. The first-order valence-electron chi connectivity index (χ1n) is 9.21. The summed E-state index contributed by atoms with van der Waals surface area (Å²) in [5.74, 6) is -0.0118. The molecule has 0 aromatic heterocycles. The molecule has 3 nitrogen and oxygen atoms in total. The van der Waals surface area contributed by atoms with Crippen LogP contribution in [0.5, 0.6) is 0 Å². The summed E-state index contributed by atoms with van der Waals surface area (Å²) >= 11 is 0. The van der Waals surface area contributed by atoms with E-state index in [1.54, 1.807) is 0 Å². The monoisotopic (exact) mass is 357 g/mol. The molecule has 27 heavy (non-hydrogen) atoms. The molecule has 0 saturated heterocycles. The third kappa shape index (κ3) is 4.76. The standard InChI is InChI=1S/C24H27N3/c1-24(2,3)22-13-11-19(12-14-22)18-7-9-20(10-8-18)21-6-4-5-17(15-21)16-27-23(25)26/h4-15H,16H2,1-3H3,(H4,25,26,27). The molecule has 3 aromatic rings. The van der Waals surface area contributed by atoms with Crippen LogP contribution < -0.4 is 11.1 Å². The van der Waals surface area contributed by atoms with Gasteiger partial charge in [-0.3, -0.25) is 5.41 Å². The van der Waals surface area contributed by atoms with Gasteiger partial charge in [0.15, 0.2) is 5.96 Å². The summed E-state index contributed by atoms with van der Waals surface area (Å²) in [6, 6.07) is 25.8. The molecule has 0 atom stereocenters. The number of guanidine groups is 1. The lowest BCUT2D eigenvalue weighted by Gasteiger charge is -2.19. The van der Waals surface area contributed by atoms with Gasteiger partial charge in [0, 0.05) is 6.54 Å². The second-order valence-electron chi connectivity index (χ2n) is 7.87. The van der Waals surface area contributed by atoms with Gasteiger partial charge in [-0.1, -0.05) is 87.5 Å². The highest BCUT2D eigenvalue weighted by Crippen LogP contribution is 2.28. The van der Waals surface area contributed by atoms with Crippen molar-refractivity contribution < 1.29 is 0 Å².